The number of methoxy groups -OCH3 is 1. The Labute approximate surface area is 225 Å². The maximum Gasteiger partial charge on any atom is 0.271 e. The highest BCUT2D eigenvalue weighted by atomic mass is 35.5. The van der Waals surface area contributed by atoms with Gasteiger partial charge in [0.2, 0.25) is 0 Å². The van der Waals surface area contributed by atoms with Crippen molar-refractivity contribution in [2.45, 2.75) is 20.3 Å². The molecule has 0 spiro atoms. The smallest absolute Gasteiger partial charge is 0.271 e. The van der Waals surface area contributed by atoms with Crippen LogP contribution >= 0.6 is 23.2 Å². The Morgan fingerprint density at radius 2 is 1.76 bits per heavy atom. The molecule has 0 saturated carbocycles. The van der Waals surface area contributed by atoms with E-state index in [4.69, 9.17) is 37.4 Å². The zero-order valence-corrected chi connectivity index (χ0v) is 22.2. The third-order valence-electron chi connectivity index (χ3n) is 5.04. The highest BCUT2D eigenvalue weighted by Crippen LogP contribution is 2.28. The highest BCUT2D eigenvalue weighted by molar-refractivity contribution is 6.31. The average Bonchev–Trinajstić information content (AvgIpc) is 2.89. The lowest BCUT2D eigenvalue weighted by atomic mass is 10.2. The number of ether oxygens (including phenoxy) is 3. The van der Waals surface area contributed by atoms with Crippen molar-refractivity contribution in [2.75, 3.05) is 25.6 Å². The zero-order valence-electron chi connectivity index (χ0n) is 20.6. The lowest BCUT2D eigenvalue weighted by molar-refractivity contribution is -0.118. The molecule has 3 rings (SSSR count). The van der Waals surface area contributed by atoms with Crippen molar-refractivity contribution in [3.8, 4) is 17.2 Å². The molecular formula is C27H27Cl2N3O5. The van der Waals surface area contributed by atoms with E-state index in [1.54, 1.807) is 48.5 Å². The number of benzene rings is 3. The van der Waals surface area contributed by atoms with Crippen LogP contribution in [0.4, 0.5) is 5.69 Å². The van der Waals surface area contributed by atoms with Crippen LogP contribution < -0.4 is 25.0 Å². The van der Waals surface area contributed by atoms with E-state index >= 15 is 0 Å². The third kappa shape index (κ3) is 8.13. The molecule has 3 aromatic rings. The van der Waals surface area contributed by atoms with E-state index in [1.165, 1.54) is 13.3 Å². The number of hydrogen-bond acceptors (Lipinski definition) is 6. The number of nitrogens with zero attached hydrogens (tertiary/aromatic N) is 1. The second kappa shape index (κ2) is 13.5. The molecule has 3 aromatic carbocycles. The van der Waals surface area contributed by atoms with E-state index < -0.39 is 5.91 Å². The first kappa shape index (κ1) is 27.8. The second-order valence-electron chi connectivity index (χ2n) is 7.90. The number of amides is 2. The van der Waals surface area contributed by atoms with Gasteiger partial charge in [-0.3, -0.25) is 9.59 Å². The molecule has 0 radical (unpaired) electrons. The number of carbonyl (C=O) groups is 2. The molecule has 0 aliphatic rings. The summed E-state index contributed by atoms with van der Waals surface area (Å²) in [6, 6.07) is 14.9. The molecule has 2 N–H and O–H groups in total. The number of aryl methyl sites for hydroxylation is 1. The first-order valence-electron chi connectivity index (χ1n) is 11.4. The Kier molecular flexibility index (Phi) is 10.2. The van der Waals surface area contributed by atoms with Gasteiger partial charge in [0.05, 0.1) is 19.9 Å². The number of hydrazone groups is 1. The summed E-state index contributed by atoms with van der Waals surface area (Å²) in [5.41, 5.74) is 4.74. The fourth-order valence-electron chi connectivity index (χ4n) is 3.13. The molecule has 0 saturated heterocycles. The average molecular weight is 544 g/mol. The molecule has 10 heteroatoms. The number of hydrogen-bond donors (Lipinski definition) is 2. The van der Waals surface area contributed by atoms with Gasteiger partial charge in [-0.2, -0.15) is 5.10 Å². The van der Waals surface area contributed by atoms with Crippen LogP contribution in [0.2, 0.25) is 10.0 Å². The van der Waals surface area contributed by atoms with Crippen LogP contribution in [0.15, 0.2) is 59.7 Å². The van der Waals surface area contributed by atoms with Crippen LogP contribution in [0.5, 0.6) is 17.2 Å². The van der Waals surface area contributed by atoms with Crippen molar-refractivity contribution in [1.82, 2.24) is 5.43 Å². The number of rotatable bonds is 11. The molecule has 0 atom stereocenters. The van der Waals surface area contributed by atoms with E-state index in [0.29, 0.717) is 50.7 Å². The number of anilines is 1. The van der Waals surface area contributed by atoms with Crippen molar-refractivity contribution in [3.05, 3.63) is 81.3 Å². The van der Waals surface area contributed by atoms with Gasteiger partial charge in [-0.1, -0.05) is 36.2 Å². The quantitative estimate of drug-likeness (QED) is 0.232. The van der Waals surface area contributed by atoms with Gasteiger partial charge in [0, 0.05) is 26.9 Å². The lowest BCUT2D eigenvalue weighted by Crippen LogP contribution is -2.20. The monoisotopic (exact) mass is 543 g/mol. The van der Waals surface area contributed by atoms with E-state index in [2.05, 4.69) is 15.8 Å². The summed E-state index contributed by atoms with van der Waals surface area (Å²) < 4.78 is 16.6. The Bertz CT molecular complexity index is 1300. The molecule has 0 bridgehead atoms. The summed E-state index contributed by atoms with van der Waals surface area (Å²) in [6.07, 6.45) is 2.23. The summed E-state index contributed by atoms with van der Waals surface area (Å²) in [6.45, 7) is 4.16. The predicted molar refractivity (Wildman–Crippen MR) is 146 cm³/mol. The summed E-state index contributed by atoms with van der Waals surface area (Å²) in [4.78, 5) is 24.9. The van der Waals surface area contributed by atoms with Gasteiger partial charge in [-0.25, -0.2) is 5.43 Å². The molecule has 0 aliphatic heterocycles. The van der Waals surface area contributed by atoms with Gasteiger partial charge in [-0.05, 0) is 67.4 Å². The van der Waals surface area contributed by atoms with Crippen molar-refractivity contribution < 1.29 is 23.8 Å². The first-order valence-corrected chi connectivity index (χ1v) is 12.2. The summed E-state index contributed by atoms with van der Waals surface area (Å²) in [5, 5.41) is 7.73. The fourth-order valence-corrected chi connectivity index (χ4v) is 3.49. The number of nitrogens with one attached hydrogen (secondary N) is 2. The lowest BCUT2D eigenvalue weighted by Gasteiger charge is -2.11. The number of carbonyl (C=O) groups excluding carboxylic acids is 2. The van der Waals surface area contributed by atoms with Crippen molar-refractivity contribution >= 4 is 46.9 Å². The predicted octanol–water partition coefficient (Wildman–Crippen LogP) is 5.88. The highest BCUT2D eigenvalue weighted by Gasteiger charge is 2.12. The minimum Gasteiger partial charge on any atom is -0.493 e. The molecule has 194 valence electrons. The van der Waals surface area contributed by atoms with Gasteiger partial charge in [0.1, 0.15) is 5.75 Å². The maximum atomic E-state index is 12.6. The van der Waals surface area contributed by atoms with Crippen LogP contribution in [0.1, 0.15) is 34.8 Å². The number of halogens is 2. The third-order valence-corrected chi connectivity index (χ3v) is 5.69. The molecule has 0 unspecified atom stereocenters. The first-order chi connectivity index (χ1) is 17.8. The minimum absolute atomic E-state index is 0.257. The molecule has 0 fully saturated rings. The normalized spacial score (nSPS) is 10.7. The van der Waals surface area contributed by atoms with Gasteiger partial charge >= 0.3 is 0 Å². The van der Waals surface area contributed by atoms with Crippen LogP contribution in [0.25, 0.3) is 0 Å². The maximum absolute atomic E-state index is 12.6. The largest absolute Gasteiger partial charge is 0.493 e. The molecule has 0 heterocycles. The molecule has 0 aliphatic carbocycles. The molecular weight excluding hydrogens is 517 g/mol. The Morgan fingerprint density at radius 1 is 0.973 bits per heavy atom. The van der Waals surface area contributed by atoms with Crippen LogP contribution in [-0.2, 0) is 4.79 Å². The van der Waals surface area contributed by atoms with Crippen molar-refractivity contribution in [3.63, 3.8) is 0 Å². The fraction of sp³-hybridized carbons (Fsp3) is 0.222. The SMILES string of the molecule is CCCOc1ccc(C(=O)N/N=C/c2cc(Cl)ccc2OCC(=O)Nc2ccc(C)c(Cl)c2)cc1OC. The summed E-state index contributed by atoms with van der Waals surface area (Å²) >= 11 is 12.2. The van der Waals surface area contributed by atoms with Crippen LogP contribution in [0.3, 0.4) is 0 Å². The van der Waals surface area contributed by atoms with Gasteiger partial charge in [0.25, 0.3) is 11.8 Å². The van der Waals surface area contributed by atoms with E-state index in [0.717, 1.165) is 12.0 Å². The van der Waals surface area contributed by atoms with Crippen molar-refractivity contribution in [1.29, 1.82) is 0 Å². The Morgan fingerprint density at radius 3 is 2.49 bits per heavy atom. The van der Waals surface area contributed by atoms with E-state index in [-0.39, 0.29) is 12.5 Å². The Balaban J connectivity index is 1.63. The molecule has 37 heavy (non-hydrogen) atoms. The molecule has 8 nitrogen and oxygen atoms in total. The van der Waals surface area contributed by atoms with Crippen LogP contribution in [-0.4, -0.2) is 38.4 Å². The van der Waals surface area contributed by atoms with Gasteiger partial charge in [0.15, 0.2) is 18.1 Å². The zero-order chi connectivity index (χ0) is 26.8. The molecule has 0 aromatic heterocycles. The minimum atomic E-state index is -0.447. The van der Waals surface area contributed by atoms with Gasteiger partial charge in [-0.15, -0.1) is 0 Å². The molecule has 2 amide bonds. The standard InChI is InChI=1S/C27H27Cl2N3O5/c1-4-11-36-24-9-6-18(13-25(24)35-3)27(34)32-30-15-19-12-20(28)7-10-23(19)37-16-26(33)31-21-8-5-17(2)22(29)14-21/h5-10,12-15H,4,11,16H2,1-3H3,(H,31,33)(H,32,34)/b30-15+. The summed E-state index contributed by atoms with van der Waals surface area (Å²) in [5.74, 6) is 0.545. The topological polar surface area (TPSA) is 98.3 Å². The van der Waals surface area contributed by atoms with Crippen molar-refractivity contribution in [2.24, 2.45) is 5.10 Å². The second-order valence-corrected chi connectivity index (χ2v) is 8.74. The van der Waals surface area contributed by atoms with E-state index in [9.17, 15) is 9.59 Å². The van der Waals surface area contributed by atoms with Gasteiger partial charge < -0.3 is 19.5 Å². The van der Waals surface area contributed by atoms with Crippen LogP contribution in [0, 0.1) is 6.92 Å². The Hall–Kier alpha value is -3.75. The van der Waals surface area contributed by atoms with E-state index in [1.807, 2.05) is 19.9 Å². The summed E-state index contributed by atoms with van der Waals surface area (Å²) in [7, 11) is 1.50.